The lowest BCUT2D eigenvalue weighted by molar-refractivity contribution is -0.387. The molecule has 0 saturated carbocycles. The van der Waals surface area contributed by atoms with Gasteiger partial charge in [0.15, 0.2) is 0 Å². The molecule has 0 aliphatic carbocycles. The zero-order chi connectivity index (χ0) is 14.8. The fourth-order valence-electron chi connectivity index (χ4n) is 2.09. The number of nitro groups is 1. The maximum Gasteiger partial charge on any atom is 0.304 e. The lowest BCUT2D eigenvalue weighted by Crippen LogP contribution is -2.49. The third-order valence-electron chi connectivity index (χ3n) is 3.42. The predicted molar refractivity (Wildman–Crippen MR) is 69.0 cm³/mol. The number of nitrogens with one attached hydrogen (secondary N) is 1. The molecule has 1 aromatic carbocycles. The van der Waals surface area contributed by atoms with Gasteiger partial charge >= 0.3 is 5.69 Å². The Labute approximate surface area is 115 Å². The minimum absolute atomic E-state index is 0.0702. The van der Waals surface area contributed by atoms with Gasteiger partial charge in [0.1, 0.15) is 0 Å². The number of ether oxygens (including phenoxy) is 1. The van der Waals surface area contributed by atoms with Crippen molar-refractivity contribution in [1.29, 1.82) is 0 Å². The first kappa shape index (κ1) is 14.4. The normalized spacial score (nSPS) is 17.5. The Kier molecular flexibility index (Phi) is 3.99. The second-order valence-corrected chi connectivity index (χ2v) is 5.05. The molecule has 0 aromatic heterocycles. The molecule has 2 rings (SSSR count). The average Bonchev–Trinajstić information content (AvgIpc) is 2.38. The van der Waals surface area contributed by atoms with E-state index in [1.165, 1.54) is 6.07 Å². The molecule has 1 aromatic rings. The van der Waals surface area contributed by atoms with E-state index in [-0.39, 0.29) is 5.56 Å². The van der Waals surface area contributed by atoms with E-state index in [1.807, 2.05) is 6.92 Å². The number of carbonyl (C=O) groups is 1. The summed E-state index contributed by atoms with van der Waals surface area (Å²) in [5.41, 5.74) is -0.965. The van der Waals surface area contributed by atoms with E-state index in [1.54, 1.807) is 0 Å². The van der Waals surface area contributed by atoms with Gasteiger partial charge in [-0.1, -0.05) is 0 Å². The third-order valence-corrected chi connectivity index (χ3v) is 3.42. The molecule has 1 amide bonds. The van der Waals surface area contributed by atoms with E-state index in [0.29, 0.717) is 26.1 Å². The Morgan fingerprint density at radius 2 is 2.10 bits per heavy atom. The lowest BCUT2D eigenvalue weighted by atomic mass is 9.92. The SMILES string of the molecule is CC1(NC(=O)c2ccc([N+](=O)[O-])c(F)c2)CCOCC1. The van der Waals surface area contributed by atoms with Crippen LogP contribution in [-0.2, 0) is 4.74 Å². The van der Waals surface area contributed by atoms with Gasteiger partial charge in [-0.25, -0.2) is 0 Å². The molecule has 0 spiro atoms. The quantitative estimate of drug-likeness (QED) is 0.679. The Balaban J connectivity index is 2.13. The van der Waals surface area contributed by atoms with Gasteiger partial charge in [0.2, 0.25) is 5.82 Å². The monoisotopic (exact) mass is 282 g/mol. The summed E-state index contributed by atoms with van der Waals surface area (Å²) in [7, 11) is 0. The predicted octanol–water partition coefficient (Wildman–Crippen LogP) is 2.03. The van der Waals surface area contributed by atoms with Gasteiger partial charge in [-0.3, -0.25) is 14.9 Å². The summed E-state index contributed by atoms with van der Waals surface area (Å²) in [5.74, 6) is -1.46. The molecule has 7 heteroatoms. The second kappa shape index (κ2) is 5.54. The van der Waals surface area contributed by atoms with Gasteiger partial charge in [-0.05, 0) is 31.9 Å². The van der Waals surface area contributed by atoms with Crippen LogP contribution >= 0.6 is 0 Å². The molecular formula is C13H15FN2O4. The summed E-state index contributed by atoms with van der Waals surface area (Å²) >= 11 is 0. The summed E-state index contributed by atoms with van der Waals surface area (Å²) in [6.07, 6.45) is 1.35. The molecular weight excluding hydrogens is 267 g/mol. The van der Waals surface area contributed by atoms with E-state index in [0.717, 1.165) is 12.1 Å². The lowest BCUT2D eigenvalue weighted by Gasteiger charge is -2.34. The minimum Gasteiger partial charge on any atom is -0.381 e. The molecule has 0 unspecified atom stereocenters. The number of hydrogen-bond donors (Lipinski definition) is 1. The number of amides is 1. The molecule has 1 fully saturated rings. The molecule has 0 atom stereocenters. The van der Waals surface area contributed by atoms with Crippen molar-refractivity contribution in [3.63, 3.8) is 0 Å². The van der Waals surface area contributed by atoms with Crippen molar-refractivity contribution < 1.29 is 18.8 Å². The molecule has 1 heterocycles. The first-order valence-corrected chi connectivity index (χ1v) is 6.25. The Hall–Kier alpha value is -2.02. The highest BCUT2D eigenvalue weighted by Gasteiger charge is 2.29. The first-order chi connectivity index (χ1) is 9.41. The largest absolute Gasteiger partial charge is 0.381 e. The van der Waals surface area contributed by atoms with Crippen molar-refractivity contribution in [3.05, 3.63) is 39.7 Å². The number of carbonyl (C=O) groups excluding carboxylic acids is 1. The van der Waals surface area contributed by atoms with Crippen molar-refractivity contribution >= 4 is 11.6 Å². The number of halogens is 1. The van der Waals surface area contributed by atoms with Crippen LogP contribution < -0.4 is 5.32 Å². The number of benzene rings is 1. The van der Waals surface area contributed by atoms with Gasteiger partial charge in [0.05, 0.1) is 4.92 Å². The van der Waals surface area contributed by atoms with Gasteiger partial charge in [0, 0.05) is 30.4 Å². The highest BCUT2D eigenvalue weighted by atomic mass is 19.1. The third kappa shape index (κ3) is 3.11. The first-order valence-electron chi connectivity index (χ1n) is 6.25. The van der Waals surface area contributed by atoms with E-state index >= 15 is 0 Å². The van der Waals surface area contributed by atoms with Crippen LogP contribution in [0.4, 0.5) is 10.1 Å². The molecule has 0 radical (unpaired) electrons. The maximum atomic E-state index is 13.5. The van der Waals surface area contributed by atoms with Crippen LogP contribution in [0.5, 0.6) is 0 Å². The van der Waals surface area contributed by atoms with Gasteiger partial charge in [0.25, 0.3) is 5.91 Å². The molecule has 20 heavy (non-hydrogen) atoms. The number of nitro benzene ring substituents is 1. The van der Waals surface area contributed by atoms with Crippen LogP contribution in [0.25, 0.3) is 0 Å². The van der Waals surface area contributed by atoms with Crippen LogP contribution in [0.3, 0.4) is 0 Å². The topological polar surface area (TPSA) is 81.5 Å². The number of nitrogens with zero attached hydrogens (tertiary/aromatic N) is 1. The van der Waals surface area contributed by atoms with Crippen LogP contribution in [0.2, 0.25) is 0 Å². The summed E-state index contributed by atoms with van der Waals surface area (Å²) in [4.78, 5) is 21.8. The molecule has 1 saturated heterocycles. The summed E-state index contributed by atoms with van der Waals surface area (Å²) in [5, 5.41) is 13.4. The van der Waals surface area contributed by atoms with E-state index in [2.05, 4.69) is 5.32 Å². The average molecular weight is 282 g/mol. The summed E-state index contributed by atoms with van der Waals surface area (Å²) in [6.45, 7) is 3.02. The highest BCUT2D eigenvalue weighted by Crippen LogP contribution is 2.22. The molecule has 1 aliphatic heterocycles. The Morgan fingerprint density at radius 1 is 1.45 bits per heavy atom. The fourth-order valence-corrected chi connectivity index (χ4v) is 2.09. The Bertz CT molecular complexity index is 541. The van der Waals surface area contributed by atoms with Crippen LogP contribution in [0.15, 0.2) is 18.2 Å². The van der Waals surface area contributed by atoms with Gasteiger partial charge < -0.3 is 10.1 Å². The second-order valence-electron chi connectivity index (χ2n) is 5.05. The summed E-state index contributed by atoms with van der Waals surface area (Å²) < 4.78 is 18.7. The molecule has 6 nitrogen and oxygen atoms in total. The molecule has 1 N–H and O–H groups in total. The van der Waals surface area contributed by atoms with Crippen molar-refractivity contribution in [2.75, 3.05) is 13.2 Å². The number of rotatable bonds is 3. The van der Waals surface area contributed by atoms with E-state index in [9.17, 15) is 19.3 Å². The standard InChI is InChI=1S/C13H15FN2O4/c1-13(4-6-20-7-5-13)15-12(17)9-2-3-11(16(18)19)10(14)8-9/h2-3,8H,4-7H2,1H3,(H,15,17). The summed E-state index contributed by atoms with van der Waals surface area (Å²) in [6, 6.07) is 3.13. The molecule has 1 aliphatic rings. The highest BCUT2D eigenvalue weighted by molar-refractivity contribution is 5.94. The van der Waals surface area contributed by atoms with Crippen molar-refractivity contribution in [2.24, 2.45) is 0 Å². The van der Waals surface area contributed by atoms with Gasteiger partial charge in [-0.2, -0.15) is 4.39 Å². The zero-order valence-corrected chi connectivity index (χ0v) is 11.0. The molecule has 108 valence electrons. The minimum atomic E-state index is -1.01. The van der Waals surface area contributed by atoms with Crippen molar-refractivity contribution in [1.82, 2.24) is 5.32 Å². The maximum absolute atomic E-state index is 13.5. The zero-order valence-electron chi connectivity index (χ0n) is 11.0. The van der Waals surface area contributed by atoms with Crippen LogP contribution in [-0.4, -0.2) is 29.6 Å². The number of hydrogen-bond acceptors (Lipinski definition) is 4. The smallest absolute Gasteiger partial charge is 0.304 e. The Morgan fingerprint density at radius 3 is 2.65 bits per heavy atom. The van der Waals surface area contributed by atoms with Crippen molar-refractivity contribution in [2.45, 2.75) is 25.3 Å². The van der Waals surface area contributed by atoms with Gasteiger partial charge in [-0.15, -0.1) is 0 Å². The van der Waals surface area contributed by atoms with E-state index < -0.39 is 27.9 Å². The van der Waals surface area contributed by atoms with Crippen LogP contribution in [0, 0.1) is 15.9 Å². The fraction of sp³-hybridized carbons (Fsp3) is 0.462. The van der Waals surface area contributed by atoms with E-state index in [4.69, 9.17) is 4.74 Å². The van der Waals surface area contributed by atoms with Crippen molar-refractivity contribution in [3.8, 4) is 0 Å². The van der Waals surface area contributed by atoms with Crippen LogP contribution in [0.1, 0.15) is 30.1 Å². The molecule has 0 bridgehead atoms.